The van der Waals surface area contributed by atoms with Gasteiger partial charge in [-0.2, -0.15) is 0 Å². The quantitative estimate of drug-likeness (QED) is 0.582. The van der Waals surface area contributed by atoms with Crippen LogP contribution < -0.4 is 5.32 Å². The lowest BCUT2D eigenvalue weighted by atomic mass is 10.0. The summed E-state index contributed by atoms with van der Waals surface area (Å²) in [6.45, 7) is 4.79. The number of hydrogen-bond donors (Lipinski definition) is 1. The third-order valence-corrected chi connectivity index (χ3v) is 3.60. The standard InChI is InChI=1S/C17H18Cl2N2/c1-3-20-11-21-17-12(2)7-16(19)10-14(17)8-13-5-4-6-15(18)9-13/h4-7,9-11H,3,8H2,1-2H3,(H,20,21). The fourth-order valence-corrected chi connectivity index (χ4v) is 2.74. The van der Waals surface area contributed by atoms with E-state index in [1.807, 2.05) is 44.2 Å². The molecule has 0 saturated carbocycles. The average molecular weight is 321 g/mol. The second-order valence-electron chi connectivity index (χ2n) is 4.84. The van der Waals surface area contributed by atoms with Crippen LogP contribution in [0.2, 0.25) is 10.0 Å². The van der Waals surface area contributed by atoms with Gasteiger partial charge in [0.15, 0.2) is 0 Å². The first-order chi connectivity index (χ1) is 10.1. The molecule has 2 nitrogen and oxygen atoms in total. The van der Waals surface area contributed by atoms with Gasteiger partial charge in [0.1, 0.15) is 0 Å². The number of halogens is 2. The molecule has 110 valence electrons. The summed E-state index contributed by atoms with van der Waals surface area (Å²) in [5.41, 5.74) is 4.43. The Morgan fingerprint density at radius 2 is 1.95 bits per heavy atom. The van der Waals surface area contributed by atoms with Crippen LogP contribution in [-0.4, -0.2) is 12.9 Å². The van der Waals surface area contributed by atoms with Crippen molar-refractivity contribution in [1.82, 2.24) is 0 Å². The molecule has 0 saturated heterocycles. The van der Waals surface area contributed by atoms with Gasteiger partial charge >= 0.3 is 0 Å². The molecule has 0 aliphatic rings. The van der Waals surface area contributed by atoms with Gasteiger partial charge in [-0.25, -0.2) is 0 Å². The Morgan fingerprint density at radius 3 is 2.67 bits per heavy atom. The molecule has 0 fully saturated rings. The number of nitrogens with one attached hydrogen (secondary N) is 1. The smallest absolute Gasteiger partial charge is 0.0867 e. The molecule has 0 unspecified atom stereocenters. The summed E-state index contributed by atoms with van der Waals surface area (Å²) in [6.07, 6.45) is 2.50. The van der Waals surface area contributed by atoms with Crippen LogP contribution in [0, 0.1) is 6.92 Å². The number of benzene rings is 2. The molecule has 0 aliphatic heterocycles. The van der Waals surface area contributed by atoms with Crippen LogP contribution >= 0.6 is 23.2 Å². The molecule has 1 N–H and O–H groups in total. The largest absolute Gasteiger partial charge is 0.346 e. The van der Waals surface area contributed by atoms with Crippen LogP contribution in [0.4, 0.5) is 5.69 Å². The molecule has 2 aromatic rings. The highest BCUT2D eigenvalue weighted by atomic mass is 35.5. The Bertz CT molecular complexity index is 651. The minimum Gasteiger partial charge on any atom is -0.346 e. The van der Waals surface area contributed by atoms with Crippen molar-refractivity contribution in [2.24, 2.45) is 4.99 Å². The molecule has 4 heteroatoms. The highest BCUT2D eigenvalue weighted by Crippen LogP contribution is 2.28. The van der Waals surface area contributed by atoms with Gasteiger partial charge in [-0.05, 0) is 61.2 Å². The van der Waals surface area contributed by atoms with E-state index < -0.39 is 0 Å². The van der Waals surface area contributed by atoms with E-state index in [4.69, 9.17) is 23.2 Å². The normalized spacial score (nSPS) is 11.0. The molecule has 0 radical (unpaired) electrons. The molecule has 0 spiro atoms. The molecule has 2 rings (SSSR count). The molecule has 0 atom stereocenters. The van der Waals surface area contributed by atoms with Crippen molar-refractivity contribution in [3.05, 3.63) is 63.1 Å². The van der Waals surface area contributed by atoms with Crippen LogP contribution in [0.25, 0.3) is 0 Å². The maximum absolute atomic E-state index is 6.19. The maximum Gasteiger partial charge on any atom is 0.0867 e. The highest BCUT2D eigenvalue weighted by molar-refractivity contribution is 6.31. The number of aryl methyl sites for hydroxylation is 1. The second-order valence-corrected chi connectivity index (χ2v) is 5.71. The zero-order valence-electron chi connectivity index (χ0n) is 12.2. The van der Waals surface area contributed by atoms with E-state index in [0.29, 0.717) is 0 Å². The Morgan fingerprint density at radius 1 is 1.14 bits per heavy atom. The summed E-state index contributed by atoms with van der Waals surface area (Å²) < 4.78 is 0. The third kappa shape index (κ3) is 4.48. The van der Waals surface area contributed by atoms with Crippen LogP contribution in [0.3, 0.4) is 0 Å². The minimum absolute atomic E-state index is 0.738. The van der Waals surface area contributed by atoms with Crippen LogP contribution in [0.5, 0.6) is 0 Å². The molecule has 0 heterocycles. The van der Waals surface area contributed by atoms with Crippen molar-refractivity contribution in [3.63, 3.8) is 0 Å². The molecule has 0 aliphatic carbocycles. The van der Waals surface area contributed by atoms with Gasteiger partial charge in [0.25, 0.3) is 0 Å². The van der Waals surface area contributed by atoms with Gasteiger partial charge < -0.3 is 5.32 Å². The molecular weight excluding hydrogens is 303 g/mol. The summed E-state index contributed by atoms with van der Waals surface area (Å²) in [5.74, 6) is 0. The molecule has 2 aromatic carbocycles. The van der Waals surface area contributed by atoms with E-state index in [9.17, 15) is 0 Å². The lowest BCUT2D eigenvalue weighted by molar-refractivity contribution is 1.13. The molecule has 21 heavy (non-hydrogen) atoms. The summed E-state index contributed by atoms with van der Waals surface area (Å²) in [6, 6.07) is 11.8. The van der Waals surface area contributed by atoms with Gasteiger partial charge in [0.05, 0.1) is 6.34 Å². The molecular formula is C17H18Cl2N2. The van der Waals surface area contributed by atoms with Crippen molar-refractivity contribution in [2.45, 2.75) is 20.3 Å². The Hall–Kier alpha value is -1.51. The fourth-order valence-electron chi connectivity index (χ4n) is 2.23. The van der Waals surface area contributed by atoms with Crippen molar-refractivity contribution >= 4 is 35.2 Å². The number of anilines is 1. The molecule has 0 bridgehead atoms. The fraction of sp³-hybridized carbons (Fsp3) is 0.235. The summed E-state index contributed by atoms with van der Waals surface area (Å²) in [7, 11) is 0. The molecule has 0 amide bonds. The van der Waals surface area contributed by atoms with E-state index in [0.717, 1.165) is 45.4 Å². The highest BCUT2D eigenvalue weighted by Gasteiger charge is 2.08. The number of hydrogen-bond acceptors (Lipinski definition) is 1. The average Bonchev–Trinajstić information content (AvgIpc) is 2.42. The summed E-state index contributed by atoms with van der Waals surface area (Å²) in [4.78, 5) is 4.20. The van der Waals surface area contributed by atoms with Crippen LogP contribution in [-0.2, 0) is 6.42 Å². The van der Waals surface area contributed by atoms with Gasteiger partial charge in [-0.15, -0.1) is 0 Å². The first-order valence-electron chi connectivity index (χ1n) is 6.88. The van der Waals surface area contributed by atoms with Gasteiger partial charge in [0, 0.05) is 22.3 Å². The Labute approximate surface area is 135 Å². The third-order valence-electron chi connectivity index (χ3n) is 3.15. The number of rotatable bonds is 5. The zero-order chi connectivity index (χ0) is 15.2. The Kier molecular flexibility index (Phi) is 5.66. The van der Waals surface area contributed by atoms with Gasteiger partial charge in [-0.1, -0.05) is 35.3 Å². The molecule has 0 aromatic heterocycles. The number of nitrogens with zero attached hydrogens (tertiary/aromatic N) is 1. The van der Waals surface area contributed by atoms with E-state index in [-0.39, 0.29) is 0 Å². The summed E-state index contributed by atoms with van der Waals surface area (Å²) >= 11 is 12.2. The SMILES string of the molecule is CCN=CNc1c(C)cc(Cl)cc1Cc1cccc(Cl)c1. The first-order valence-corrected chi connectivity index (χ1v) is 7.64. The minimum atomic E-state index is 0.738. The van der Waals surface area contributed by atoms with Crippen LogP contribution in [0.1, 0.15) is 23.6 Å². The van der Waals surface area contributed by atoms with Gasteiger partial charge in [-0.3, -0.25) is 4.99 Å². The van der Waals surface area contributed by atoms with E-state index in [2.05, 4.69) is 16.4 Å². The predicted molar refractivity (Wildman–Crippen MR) is 93.1 cm³/mol. The van der Waals surface area contributed by atoms with Crippen molar-refractivity contribution < 1.29 is 0 Å². The van der Waals surface area contributed by atoms with Crippen molar-refractivity contribution in [1.29, 1.82) is 0 Å². The van der Waals surface area contributed by atoms with Crippen molar-refractivity contribution in [3.8, 4) is 0 Å². The van der Waals surface area contributed by atoms with Gasteiger partial charge in [0.2, 0.25) is 0 Å². The Balaban J connectivity index is 2.34. The topological polar surface area (TPSA) is 24.4 Å². The lowest BCUT2D eigenvalue weighted by Crippen LogP contribution is -2.03. The monoisotopic (exact) mass is 320 g/mol. The zero-order valence-corrected chi connectivity index (χ0v) is 13.7. The van der Waals surface area contributed by atoms with Crippen molar-refractivity contribution in [2.75, 3.05) is 11.9 Å². The second kappa shape index (κ2) is 7.48. The predicted octanol–water partition coefficient (Wildman–Crippen LogP) is 5.35. The van der Waals surface area contributed by atoms with Crippen LogP contribution in [0.15, 0.2) is 41.4 Å². The lowest BCUT2D eigenvalue weighted by Gasteiger charge is -2.13. The first kappa shape index (κ1) is 15.9. The van der Waals surface area contributed by atoms with E-state index >= 15 is 0 Å². The number of aliphatic imine (C=N–C) groups is 1. The maximum atomic E-state index is 6.19. The summed E-state index contributed by atoms with van der Waals surface area (Å²) in [5, 5.41) is 4.74. The van der Waals surface area contributed by atoms with E-state index in [1.54, 1.807) is 6.34 Å². The van der Waals surface area contributed by atoms with E-state index in [1.165, 1.54) is 0 Å².